The number of rotatable bonds is 10. The molecule has 1 atom stereocenters. The molecule has 0 spiro atoms. The van der Waals surface area contributed by atoms with Gasteiger partial charge in [0.15, 0.2) is 0 Å². The molecule has 40 heavy (non-hydrogen) atoms. The van der Waals surface area contributed by atoms with Crippen molar-refractivity contribution in [2.24, 2.45) is 11.8 Å². The van der Waals surface area contributed by atoms with E-state index in [0.29, 0.717) is 19.0 Å². The predicted octanol–water partition coefficient (Wildman–Crippen LogP) is 5.93. The van der Waals surface area contributed by atoms with Crippen molar-refractivity contribution in [3.05, 3.63) is 100 Å². The van der Waals surface area contributed by atoms with Gasteiger partial charge in [0.2, 0.25) is 5.91 Å². The van der Waals surface area contributed by atoms with Crippen molar-refractivity contribution in [1.29, 1.82) is 0 Å². The molecule has 0 saturated heterocycles. The summed E-state index contributed by atoms with van der Waals surface area (Å²) in [6, 6.07) is 21.4. The molecule has 1 heterocycles. The minimum atomic E-state index is -1.83. The normalized spacial score (nSPS) is 15.8. The zero-order valence-electron chi connectivity index (χ0n) is 22.6. The van der Waals surface area contributed by atoms with E-state index in [4.69, 9.17) is 15.0 Å². The van der Waals surface area contributed by atoms with Crippen molar-refractivity contribution in [1.82, 2.24) is 15.1 Å². The molecule has 5 rings (SSSR count). The molecule has 210 valence electrons. The molecule has 2 aliphatic carbocycles. The number of hydrogen-bond donors (Lipinski definition) is 3. The molecule has 3 aromatic rings. The lowest BCUT2D eigenvalue weighted by atomic mass is 9.83. The fraction of sp³-hybridized carbons (Fsp3) is 0.375. The average Bonchev–Trinajstić information content (AvgIpc) is 3.62. The van der Waals surface area contributed by atoms with Crippen LogP contribution in [0.2, 0.25) is 0 Å². The first kappa shape index (κ1) is 28.8. The Kier molecular flexibility index (Phi) is 10.3. The average molecular weight is 544 g/mol. The summed E-state index contributed by atoms with van der Waals surface area (Å²) in [5, 5.41) is 21.7. The molecule has 0 bridgehead atoms. The number of carbonyl (C=O) groups excluding carboxylic acids is 1. The highest BCUT2D eigenvalue weighted by atomic mass is 16.6. The van der Waals surface area contributed by atoms with Crippen LogP contribution < -0.4 is 10.9 Å². The SMILES string of the molecule is O=C(NCC/C=C\C1CC1)C(c1ccc(Cn2nc(-c3ccccc3)ccc2=O)cc1)C1CCCC1.O=C(O)O. The summed E-state index contributed by atoms with van der Waals surface area (Å²) in [5.74, 6) is 1.20. The smallest absolute Gasteiger partial charge is 0.450 e. The highest BCUT2D eigenvalue weighted by Crippen LogP contribution is 2.37. The lowest BCUT2D eigenvalue weighted by molar-refractivity contribution is -0.123. The Morgan fingerprint density at radius 1 is 0.950 bits per heavy atom. The molecule has 2 aromatic carbocycles. The van der Waals surface area contributed by atoms with E-state index >= 15 is 0 Å². The summed E-state index contributed by atoms with van der Waals surface area (Å²) in [6.45, 7) is 1.09. The summed E-state index contributed by atoms with van der Waals surface area (Å²) in [5.41, 5.74) is 3.69. The molecular weight excluding hydrogens is 506 g/mol. The van der Waals surface area contributed by atoms with Crippen LogP contribution in [-0.2, 0) is 11.3 Å². The molecule has 0 radical (unpaired) electrons. The summed E-state index contributed by atoms with van der Waals surface area (Å²) in [7, 11) is 0. The Balaban J connectivity index is 0.000000867. The Hall–Kier alpha value is -4.20. The third-order valence-electron chi connectivity index (χ3n) is 7.40. The van der Waals surface area contributed by atoms with Crippen molar-refractivity contribution in [3.63, 3.8) is 0 Å². The van der Waals surface area contributed by atoms with Gasteiger partial charge in [0.05, 0.1) is 18.2 Å². The van der Waals surface area contributed by atoms with Crippen LogP contribution in [0.4, 0.5) is 4.79 Å². The van der Waals surface area contributed by atoms with Crippen LogP contribution >= 0.6 is 0 Å². The van der Waals surface area contributed by atoms with Crippen LogP contribution in [0.3, 0.4) is 0 Å². The molecule has 3 N–H and O–H groups in total. The van der Waals surface area contributed by atoms with Gasteiger partial charge in [-0.2, -0.15) is 5.10 Å². The number of aromatic nitrogens is 2. The van der Waals surface area contributed by atoms with Crippen molar-refractivity contribution >= 4 is 12.1 Å². The molecule has 2 aliphatic rings. The lowest BCUT2D eigenvalue weighted by Gasteiger charge is -2.23. The third-order valence-corrected chi connectivity index (χ3v) is 7.40. The van der Waals surface area contributed by atoms with E-state index in [0.717, 1.165) is 47.6 Å². The maximum Gasteiger partial charge on any atom is 0.503 e. The van der Waals surface area contributed by atoms with Gasteiger partial charge in [-0.05, 0) is 61.1 Å². The predicted molar refractivity (Wildman–Crippen MR) is 154 cm³/mol. The molecule has 2 fully saturated rings. The lowest BCUT2D eigenvalue weighted by Crippen LogP contribution is -2.33. The molecule has 2 saturated carbocycles. The van der Waals surface area contributed by atoms with Gasteiger partial charge in [0, 0.05) is 18.2 Å². The second-order valence-electron chi connectivity index (χ2n) is 10.5. The van der Waals surface area contributed by atoms with E-state index in [2.05, 4.69) is 34.7 Å². The van der Waals surface area contributed by atoms with Gasteiger partial charge in [0.1, 0.15) is 0 Å². The van der Waals surface area contributed by atoms with Gasteiger partial charge in [0.25, 0.3) is 5.56 Å². The van der Waals surface area contributed by atoms with Gasteiger partial charge in [-0.1, -0.05) is 79.6 Å². The minimum Gasteiger partial charge on any atom is -0.450 e. The van der Waals surface area contributed by atoms with Crippen LogP contribution in [0.5, 0.6) is 0 Å². The van der Waals surface area contributed by atoms with Crippen LogP contribution in [0.25, 0.3) is 11.3 Å². The first-order valence-electron chi connectivity index (χ1n) is 14.0. The van der Waals surface area contributed by atoms with Crippen molar-refractivity contribution < 1.29 is 19.8 Å². The summed E-state index contributed by atoms with van der Waals surface area (Å²) in [6.07, 6.45) is 10.8. The Morgan fingerprint density at radius 3 is 2.27 bits per heavy atom. The first-order chi connectivity index (χ1) is 19.4. The van der Waals surface area contributed by atoms with Crippen LogP contribution in [0.1, 0.15) is 62.0 Å². The highest BCUT2D eigenvalue weighted by molar-refractivity contribution is 5.84. The van der Waals surface area contributed by atoms with Gasteiger partial charge in [-0.25, -0.2) is 9.48 Å². The molecule has 0 aliphatic heterocycles. The maximum absolute atomic E-state index is 13.2. The fourth-order valence-corrected chi connectivity index (χ4v) is 5.22. The quantitative estimate of drug-likeness (QED) is 0.215. The van der Waals surface area contributed by atoms with Gasteiger partial charge < -0.3 is 15.5 Å². The number of hydrogen-bond acceptors (Lipinski definition) is 4. The topological polar surface area (TPSA) is 122 Å². The van der Waals surface area contributed by atoms with E-state index in [1.807, 2.05) is 42.5 Å². The number of allylic oxidation sites excluding steroid dienone is 1. The molecule has 8 heteroatoms. The van der Waals surface area contributed by atoms with Gasteiger partial charge >= 0.3 is 6.16 Å². The van der Waals surface area contributed by atoms with Crippen molar-refractivity contribution in [2.45, 2.75) is 57.4 Å². The second kappa shape index (κ2) is 14.3. The fourth-order valence-electron chi connectivity index (χ4n) is 5.22. The maximum atomic E-state index is 13.2. The number of carboxylic acid groups (broad SMARTS) is 2. The molecule has 1 amide bonds. The summed E-state index contributed by atoms with van der Waals surface area (Å²) >= 11 is 0. The summed E-state index contributed by atoms with van der Waals surface area (Å²) < 4.78 is 1.51. The molecular formula is C32H37N3O5. The number of amides is 1. The molecule has 1 aromatic heterocycles. The van der Waals surface area contributed by atoms with E-state index in [-0.39, 0.29) is 17.4 Å². The van der Waals surface area contributed by atoms with E-state index in [1.54, 1.807) is 12.1 Å². The Morgan fingerprint density at radius 2 is 1.62 bits per heavy atom. The number of carbonyl (C=O) groups is 2. The molecule has 1 unspecified atom stereocenters. The number of nitrogens with one attached hydrogen (secondary N) is 1. The van der Waals surface area contributed by atoms with E-state index in [9.17, 15) is 9.59 Å². The van der Waals surface area contributed by atoms with Crippen molar-refractivity contribution in [3.8, 4) is 11.3 Å². The first-order valence-corrected chi connectivity index (χ1v) is 14.0. The Labute approximate surface area is 234 Å². The standard InChI is InChI=1S/C31H35N3O2.CH2O3/c35-29-20-19-28(25-9-2-1-3-10-25)33-34(29)22-24-15-17-27(18-16-24)30(26-11-4-5-12-26)31(36)32-21-7-6-8-23-13-14-23;2-1(3)4/h1-3,6,8-10,15-20,23,26,30H,4-5,7,11-14,21-22H2,(H,32,36);(H2,2,3,4)/b8-6-;. The number of nitrogens with zero attached hydrogens (tertiary/aromatic N) is 2. The third kappa shape index (κ3) is 8.66. The van der Waals surface area contributed by atoms with Gasteiger partial charge in [-0.15, -0.1) is 0 Å². The highest BCUT2D eigenvalue weighted by Gasteiger charge is 2.31. The Bertz CT molecular complexity index is 1340. The van der Waals surface area contributed by atoms with Crippen LogP contribution in [0, 0.1) is 11.8 Å². The zero-order chi connectivity index (χ0) is 28.3. The minimum absolute atomic E-state index is 0.115. The van der Waals surface area contributed by atoms with E-state index in [1.165, 1.54) is 30.4 Å². The monoisotopic (exact) mass is 543 g/mol. The van der Waals surface area contributed by atoms with E-state index < -0.39 is 6.16 Å². The van der Waals surface area contributed by atoms with Gasteiger partial charge in [-0.3, -0.25) is 9.59 Å². The largest absolute Gasteiger partial charge is 0.503 e. The van der Waals surface area contributed by atoms with Crippen molar-refractivity contribution in [2.75, 3.05) is 6.54 Å². The second-order valence-corrected chi connectivity index (χ2v) is 10.5. The number of benzene rings is 2. The zero-order valence-corrected chi connectivity index (χ0v) is 22.6. The molecule has 8 nitrogen and oxygen atoms in total. The van der Waals surface area contributed by atoms with Crippen LogP contribution in [-0.4, -0.2) is 38.6 Å². The summed E-state index contributed by atoms with van der Waals surface area (Å²) in [4.78, 5) is 34.3. The van der Waals surface area contributed by atoms with Crippen LogP contribution in [0.15, 0.2) is 83.7 Å².